The highest BCUT2D eigenvalue weighted by atomic mass is 35.5. The molecule has 11 heavy (non-hydrogen) atoms. The van der Waals surface area contributed by atoms with Crippen molar-refractivity contribution >= 4 is 17.5 Å². The highest BCUT2D eigenvalue weighted by Gasteiger charge is 2.08. The van der Waals surface area contributed by atoms with Gasteiger partial charge < -0.3 is 0 Å². The van der Waals surface area contributed by atoms with E-state index in [2.05, 4.69) is 5.18 Å². The molecular weight excluding hydrogens is 166 g/mol. The number of carbonyl (C=O) groups is 1. The Kier molecular flexibility index (Phi) is 2.33. The zero-order valence-electron chi connectivity index (χ0n) is 5.45. The molecule has 1 aromatic carbocycles. The summed E-state index contributed by atoms with van der Waals surface area (Å²) in [5.41, 5.74) is 0.143. The summed E-state index contributed by atoms with van der Waals surface area (Å²) in [6.07, 6.45) is 0. The van der Waals surface area contributed by atoms with Gasteiger partial charge in [0.25, 0.3) is 0 Å². The van der Waals surface area contributed by atoms with E-state index in [1.165, 1.54) is 12.1 Å². The Labute approximate surface area is 68.0 Å². The molecule has 0 aliphatic heterocycles. The zero-order chi connectivity index (χ0) is 8.27. The van der Waals surface area contributed by atoms with Crippen LogP contribution in [0, 0.1) is 4.91 Å². The van der Waals surface area contributed by atoms with Crippen LogP contribution in [0.4, 0.5) is 0 Å². The average molecular weight is 170 g/mol. The molecule has 0 atom stereocenters. The fourth-order valence-electron chi connectivity index (χ4n) is 0.684. The standard InChI is InChI=1S/C7H4ClNO2/c8-6-4-2-1-3-5(6)7(10)9-11/h1-4H. The van der Waals surface area contributed by atoms with Crippen LogP contribution in [0.5, 0.6) is 0 Å². The predicted molar refractivity (Wildman–Crippen MR) is 41.6 cm³/mol. The molecule has 0 bridgehead atoms. The van der Waals surface area contributed by atoms with Crippen molar-refractivity contribution in [2.75, 3.05) is 0 Å². The molecule has 0 radical (unpaired) electrons. The molecule has 0 heterocycles. The maximum atomic E-state index is 10.7. The Hall–Kier alpha value is -1.22. The van der Waals surface area contributed by atoms with Gasteiger partial charge in [-0.2, -0.15) is 0 Å². The van der Waals surface area contributed by atoms with E-state index in [0.717, 1.165) is 0 Å². The molecule has 1 amide bonds. The van der Waals surface area contributed by atoms with E-state index in [4.69, 9.17) is 11.6 Å². The van der Waals surface area contributed by atoms with E-state index >= 15 is 0 Å². The molecule has 0 spiro atoms. The first-order valence-corrected chi connectivity index (χ1v) is 3.25. The first kappa shape index (κ1) is 7.88. The molecule has 0 saturated heterocycles. The van der Waals surface area contributed by atoms with Crippen molar-refractivity contribution in [2.45, 2.75) is 0 Å². The highest BCUT2D eigenvalue weighted by molar-refractivity contribution is 6.33. The Morgan fingerprint density at radius 3 is 2.55 bits per heavy atom. The number of carbonyl (C=O) groups excluding carboxylic acids is 1. The lowest BCUT2D eigenvalue weighted by Gasteiger charge is -1.93. The van der Waals surface area contributed by atoms with Gasteiger partial charge in [-0.3, -0.25) is 4.79 Å². The first-order chi connectivity index (χ1) is 5.25. The third-order valence-corrected chi connectivity index (χ3v) is 1.52. The van der Waals surface area contributed by atoms with Crippen molar-refractivity contribution in [2.24, 2.45) is 5.18 Å². The largest absolute Gasteiger partial charge is 0.318 e. The van der Waals surface area contributed by atoms with Crippen molar-refractivity contribution in [1.82, 2.24) is 0 Å². The normalized spacial score (nSPS) is 9.18. The lowest BCUT2D eigenvalue weighted by molar-refractivity contribution is 0.100. The Morgan fingerprint density at radius 1 is 1.36 bits per heavy atom. The number of nitroso groups, excluding NO2 is 1. The van der Waals surface area contributed by atoms with Crippen molar-refractivity contribution in [3.05, 3.63) is 39.8 Å². The van der Waals surface area contributed by atoms with Gasteiger partial charge in [-0.05, 0) is 12.1 Å². The summed E-state index contributed by atoms with van der Waals surface area (Å²) in [5.74, 6) is -0.837. The quantitative estimate of drug-likeness (QED) is 0.606. The Balaban J connectivity index is 3.13. The number of rotatable bonds is 1. The Bertz CT molecular complexity index is 298. The number of nitrogens with zero attached hydrogens (tertiary/aromatic N) is 1. The van der Waals surface area contributed by atoms with Crippen LogP contribution in [0.3, 0.4) is 0 Å². The van der Waals surface area contributed by atoms with E-state index in [-0.39, 0.29) is 10.6 Å². The maximum absolute atomic E-state index is 10.7. The van der Waals surface area contributed by atoms with Gasteiger partial charge in [-0.1, -0.05) is 23.7 Å². The van der Waals surface area contributed by atoms with Gasteiger partial charge in [0.05, 0.1) is 10.6 Å². The smallest absolute Gasteiger partial charge is 0.263 e. The minimum absolute atomic E-state index is 0.143. The summed E-state index contributed by atoms with van der Waals surface area (Å²) in [5, 5.41) is 2.49. The minimum Gasteiger partial charge on any atom is -0.263 e. The van der Waals surface area contributed by atoms with Gasteiger partial charge in [0.1, 0.15) is 0 Å². The monoisotopic (exact) mass is 169 g/mol. The number of amides is 1. The zero-order valence-corrected chi connectivity index (χ0v) is 6.21. The van der Waals surface area contributed by atoms with E-state index in [1.807, 2.05) is 0 Å². The second-order valence-corrected chi connectivity index (χ2v) is 2.28. The average Bonchev–Trinajstić information content (AvgIpc) is 2.04. The van der Waals surface area contributed by atoms with E-state index in [9.17, 15) is 9.70 Å². The van der Waals surface area contributed by atoms with Gasteiger partial charge in [-0.25, -0.2) is 0 Å². The van der Waals surface area contributed by atoms with Crippen LogP contribution in [0.15, 0.2) is 29.4 Å². The molecule has 3 nitrogen and oxygen atoms in total. The van der Waals surface area contributed by atoms with Gasteiger partial charge in [0.15, 0.2) is 0 Å². The van der Waals surface area contributed by atoms with Gasteiger partial charge in [0, 0.05) is 5.18 Å². The first-order valence-electron chi connectivity index (χ1n) is 2.88. The number of hydrogen-bond acceptors (Lipinski definition) is 2. The van der Waals surface area contributed by atoms with Crippen LogP contribution in [-0.4, -0.2) is 5.91 Å². The predicted octanol–water partition coefficient (Wildman–Crippen LogP) is 2.25. The second-order valence-electron chi connectivity index (χ2n) is 1.88. The number of halogens is 1. The molecule has 0 aliphatic rings. The van der Waals surface area contributed by atoms with Crippen LogP contribution in [0.1, 0.15) is 10.4 Å². The summed E-state index contributed by atoms with van der Waals surface area (Å²) in [7, 11) is 0. The molecule has 0 N–H and O–H groups in total. The molecule has 0 saturated carbocycles. The molecule has 4 heteroatoms. The molecule has 0 aliphatic carbocycles. The molecule has 0 aromatic heterocycles. The summed E-state index contributed by atoms with van der Waals surface area (Å²) in [6, 6.07) is 6.26. The fraction of sp³-hybridized carbons (Fsp3) is 0. The fourth-order valence-corrected chi connectivity index (χ4v) is 0.900. The lowest BCUT2D eigenvalue weighted by atomic mass is 10.2. The van der Waals surface area contributed by atoms with E-state index in [0.29, 0.717) is 0 Å². The van der Waals surface area contributed by atoms with Crippen LogP contribution in [-0.2, 0) is 0 Å². The van der Waals surface area contributed by atoms with Crippen LogP contribution < -0.4 is 0 Å². The number of benzene rings is 1. The third-order valence-electron chi connectivity index (χ3n) is 1.19. The Morgan fingerprint density at radius 2 is 2.00 bits per heavy atom. The molecular formula is C7H4ClNO2. The molecule has 0 fully saturated rings. The maximum Gasteiger partial charge on any atom is 0.318 e. The van der Waals surface area contributed by atoms with Crippen molar-refractivity contribution in [1.29, 1.82) is 0 Å². The molecule has 56 valence electrons. The third kappa shape index (κ3) is 1.62. The van der Waals surface area contributed by atoms with Gasteiger partial charge in [-0.15, -0.1) is 4.91 Å². The van der Waals surface area contributed by atoms with Crippen molar-refractivity contribution in [3.8, 4) is 0 Å². The second kappa shape index (κ2) is 3.25. The van der Waals surface area contributed by atoms with Crippen molar-refractivity contribution in [3.63, 3.8) is 0 Å². The highest BCUT2D eigenvalue weighted by Crippen LogP contribution is 2.15. The molecule has 0 unspecified atom stereocenters. The van der Waals surface area contributed by atoms with Crippen LogP contribution in [0.2, 0.25) is 5.02 Å². The minimum atomic E-state index is -0.837. The van der Waals surface area contributed by atoms with Crippen molar-refractivity contribution < 1.29 is 4.79 Å². The molecule has 1 aromatic rings. The van der Waals surface area contributed by atoms with Crippen LogP contribution in [0.25, 0.3) is 0 Å². The lowest BCUT2D eigenvalue weighted by Crippen LogP contribution is -1.93. The van der Waals surface area contributed by atoms with Gasteiger partial charge in [0.2, 0.25) is 0 Å². The summed E-state index contributed by atoms with van der Waals surface area (Å²) < 4.78 is 0. The topological polar surface area (TPSA) is 46.5 Å². The summed E-state index contributed by atoms with van der Waals surface area (Å²) >= 11 is 5.58. The van der Waals surface area contributed by atoms with Gasteiger partial charge >= 0.3 is 5.91 Å². The SMILES string of the molecule is O=NC(=O)c1ccccc1Cl. The number of hydrogen-bond donors (Lipinski definition) is 0. The summed E-state index contributed by atoms with van der Waals surface area (Å²) in [6.45, 7) is 0. The van der Waals surface area contributed by atoms with E-state index in [1.54, 1.807) is 12.1 Å². The summed E-state index contributed by atoms with van der Waals surface area (Å²) in [4.78, 5) is 20.5. The molecule has 1 rings (SSSR count). The van der Waals surface area contributed by atoms with Crippen LogP contribution >= 0.6 is 11.6 Å². The van der Waals surface area contributed by atoms with E-state index < -0.39 is 5.91 Å².